The average Bonchev–Trinajstić information content (AvgIpc) is 2.68. The number of ketones is 1. The van der Waals surface area contributed by atoms with E-state index in [9.17, 15) is 4.79 Å². The van der Waals surface area contributed by atoms with E-state index in [4.69, 9.17) is 0 Å². The Balaban J connectivity index is 1.78. The Labute approximate surface area is 148 Å². The molecule has 0 heterocycles. The smallest absolute Gasteiger partial charge is 0.187 e. The Morgan fingerprint density at radius 2 is 1.32 bits per heavy atom. The van der Waals surface area contributed by atoms with Gasteiger partial charge < -0.3 is 5.32 Å². The summed E-state index contributed by atoms with van der Waals surface area (Å²) in [6, 6.07) is 29.6. The normalized spacial score (nSPS) is 11.1. The summed E-state index contributed by atoms with van der Waals surface area (Å²) in [5.74, 6) is 0.0205. The van der Waals surface area contributed by atoms with Gasteiger partial charge in [-0.1, -0.05) is 78.9 Å². The van der Waals surface area contributed by atoms with Crippen molar-refractivity contribution < 1.29 is 4.79 Å². The fraction of sp³-hybridized carbons (Fsp3) is 0.0870. The topological polar surface area (TPSA) is 29.1 Å². The molecule has 3 aromatic rings. The first-order valence-corrected chi connectivity index (χ1v) is 8.47. The lowest BCUT2D eigenvalue weighted by atomic mass is 10.1. The number of para-hydroxylation sites is 1. The molecule has 2 heteroatoms. The van der Waals surface area contributed by atoms with Crippen LogP contribution in [0, 0.1) is 0 Å². The zero-order chi connectivity index (χ0) is 17.3. The van der Waals surface area contributed by atoms with Gasteiger partial charge in [0, 0.05) is 23.0 Å². The Bertz CT molecular complexity index is 824. The van der Waals surface area contributed by atoms with E-state index in [2.05, 4.69) is 17.4 Å². The summed E-state index contributed by atoms with van der Waals surface area (Å²) in [6.45, 7) is 0. The summed E-state index contributed by atoms with van der Waals surface area (Å²) < 4.78 is 0. The van der Waals surface area contributed by atoms with Crippen LogP contribution in [0.5, 0.6) is 0 Å². The number of hydrogen-bond donors (Lipinski definition) is 1. The highest BCUT2D eigenvalue weighted by Gasteiger charge is 2.06. The van der Waals surface area contributed by atoms with Crippen molar-refractivity contribution in [2.24, 2.45) is 0 Å². The third kappa shape index (κ3) is 5.18. The monoisotopic (exact) mass is 327 g/mol. The molecular formula is C23H21NO. The molecule has 0 fully saturated rings. The van der Waals surface area contributed by atoms with E-state index < -0.39 is 0 Å². The van der Waals surface area contributed by atoms with Crippen LogP contribution in [-0.2, 0) is 6.42 Å². The molecule has 0 atom stereocenters. The van der Waals surface area contributed by atoms with Gasteiger partial charge in [0.25, 0.3) is 0 Å². The molecule has 0 unspecified atom stereocenters. The molecule has 3 rings (SSSR count). The van der Waals surface area contributed by atoms with Crippen molar-refractivity contribution in [3.63, 3.8) is 0 Å². The van der Waals surface area contributed by atoms with Crippen LogP contribution < -0.4 is 5.32 Å². The van der Waals surface area contributed by atoms with Crippen molar-refractivity contribution in [1.82, 2.24) is 0 Å². The van der Waals surface area contributed by atoms with Gasteiger partial charge in [0.2, 0.25) is 0 Å². The molecule has 0 aliphatic rings. The fourth-order valence-corrected chi connectivity index (χ4v) is 2.65. The number of carbonyl (C=O) groups excluding carboxylic acids is 1. The second-order valence-electron chi connectivity index (χ2n) is 5.88. The first-order chi connectivity index (χ1) is 12.3. The molecule has 0 saturated carbocycles. The molecule has 0 aliphatic heterocycles. The zero-order valence-electron chi connectivity index (χ0n) is 14.1. The standard InChI is InChI=1S/C23H21NO/c25-23(20-12-6-2-7-13-20)18-22(24-21-14-8-3-9-15-21)17-16-19-10-4-1-5-11-19/h1-15,18,24H,16-17H2. The lowest BCUT2D eigenvalue weighted by Gasteiger charge is -2.11. The van der Waals surface area contributed by atoms with Crippen molar-refractivity contribution >= 4 is 11.5 Å². The number of rotatable bonds is 7. The maximum atomic E-state index is 12.5. The minimum atomic E-state index is 0.0205. The maximum absolute atomic E-state index is 12.5. The van der Waals surface area contributed by atoms with Crippen LogP contribution in [0.4, 0.5) is 5.69 Å². The quantitative estimate of drug-likeness (QED) is 0.459. The molecule has 1 N–H and O–H groups in total. The molecule has 3 aromatic carbocycles. The summed E-state index contributed by atoms with van der Waals surface area (Å²) >= 11 is 0. The van der Waals surface area contributed by atoms with Crippen molar-refractivity contribution in [2.45, 2.75) is 12.8 Å². The Kier molecular flexibility index (Phi) is 5.78. The number of aryl methyl sites for hydroxylation is 1. The van der Waals surface area contributed by atoms with E-state index in [1.54, 1.807) is 6.08 Å². The Morgan fingerprint density at radius 3 is 1.96 bits per heavy atom. The van der Waals surface area contributed by atoms with E-state index in [0.717, 1.165) is 24.2 Å². The lowest BCUT2D eigenvalue weighted by molar-refractivity contribution is 0.104. The molecule has 0 amide bonds. The SMILES string of the molecule is O=C(C=C(CCc1ccccc1)Nc1ccccc1)c1ccccc1. The van der Waals surface area contributed by atoms with Crippen molar-refractivity contribution in [1.29, 1.82) is 0 Å². The summed E-state index contributed by atoms with van der Waals surface area (Å²) in [6.07, 6.45) is 3.37. The van der Waals surface area contributed by atoms with Gasteiger partial charge in [-0.2, -0.15) is 0 Å². The van der Waals surface area contributed by atoms with E-state index in [-0.39, 0.29) is 5.78 Å². The lowest BCUT2D eigenvalue weighted by Crippen LogP contribution is -2.05. The van der Waals surface area contributed by atoms with Gasteiger partial charge >= 0.3 is 0 Å². The number of benzene rings is 3. The number of hydrogen-bond acceptors (Lipinski definition) is 2. The number of nitrogens with one attached hydrogen (secondary N) is 1. The summed E-state index contributed by atoms with van der Waals surface area (Å²) in [5, 5.41) is 3.39. The largest absolute Gasteiger partial charge is 0.359 e. The van der Waals surface area contributed by atoms with Gasteiger partial charge in [0.1, 0.15) is 0 Å². The molecular weight excluding hydrogens is 306 g/mol. The number of carbonyl (C=O) groups is 1. The molecule has 124 valence electrons. The molecule has 0 bridgehead atoms. The predicted molar refractivity (Wildman–Crippen MR) is 104 cm³/mol. The third-order valence-electron chi connectivity index (χ3n) is 3.97. The van der Waals surface area contributed by atoms with Crippen LogP contribution in [0.3, 0.4) is 0 Å². The van der Waals surface area contributed by atoms with E-state index in [1.165, 1.54) is 5.56 Å². The minimum absolute atomic E-state index is 0.0205. The molecule has 0 radical (unpaired) electrons. The Morgan fingerprint density at radius 1 is 0.760 bits per heavy atom. The van der Waals surface area contributed by atoms with E-state index >= 15 is 0 Å². The van der Waals surface area contributed by atoms with Crippen LogP contribution in [0.2, 0.25) is 0 Å². The molecule has 0 spiro atoms. The van der Waals surface area contributed by atoms with Crippen molar-refractivity contribution in [2.75, 3.05) is 5.32 Å². The van der Waals surface area contributed by atoms with Crippen LogP contribution in [-0.4, -0.2) is 5.78 Å². The third-order valence-corrected chi connectivity index (χ3v) is 3.97. The second kappa shape index (κ2) is 8.65. The minimum Gasteiger partial charge on any atom is -0.359 e. The van der Waals surface area contributed by atoms with Gasteiger partial charge in [-0.3, -0.25) is 4.79 Å². The molecule has 2 nitrogen and oxygen atoms in total. The van der Waals surface area contributed by atoms with Gasteiger partial charge in [-0.05, 0) is 30.5 Å². The average molecular weight is 327 g/mol. The molecule has 0 saturated heterocycles. The molecule has 0 aliphatic carbocycles. The zero-order valence-corrected chi connectivity index (χ0v) is 14.1. The summed E-state index contributed by atoms with van der Waals surface area (Å²) in [5.41, 5.74) is 3.87. The second-order valence-corrected chi connectivity index (χ2v) is 5.88. The maximum Gasteiger partial charge on any atom is 0.187 e. The van der Waals surface area contributed by atoms with E-state index in [1.807, 2.05) is 78.9 Å². The number of allylic oxidation sites excluding steroid dienone is 2. The first kappa shape index (κ1) is 16.7. The van der Waals surface area contributed by atoms with Gasteiger partial charge in [-0.25, -0.2) is 0 Å². The van der Waals surface area contributed by atoms with Crippen LogP contribution in [0.15, 0.2) is 103 Å². The van der Waals surface area contributed by atoms with Crippen molar-refractivity contribution in [3.8, 4) is 0 Å². The fourth-order valence-electron chi connectivity index (χ4n) is 2.65. The van der Waals surface area contributed by atoms with Gasteiger partial charge in [0.15, 0.2) is 5.78 Å². The van der Waals surface area contributed by atoms with Crippen LogP contribution >= 0.6 is 0 Å². The molecule has 0 aromatic heterocycles. The van der Waals surface area contributed by atoms with Gasteiger partial charge in [0.05, 0.1) is 0 Å². The highest BCUT2D eigenvalue weighted by Crippen LogP contribution is 2.15. The van der Waals surface area contributed by atoms with E-state index in [0.29, 0.717) is 5.56 Å². The summed E-state index contributed by atoms with van der Waals surface area (Å²) in [4.78, 5) is 12.5. The Hall–Kier alpha value is -3.13. The van der Waals surface area contributed by atoms with Crippen LogP contribution in [0.25, 0.3) is 0 Å². The van der Waals surface area contributed by atoms with Gasteiger partial charge in [-0.15, -0.1) is 0 Å². The molecule has 25 heavy (non-hydrogen) atoms. The first-order valence-electron chi connectivity index (χ1n) is 8.47. The van der Waals surface area contributed by atoms with Crippen molar-refractivity contribution in [3.05, 3.63) is 114 Å². The van der Waals surface area contributed by atoms with Crippen LogP contribution in [0.1, 0.15) is 22.3 Å². The summed E-state index contributed by atoms with van der Waals surface area (Å²) in [7, 11) is 0. The number of anilines is 1. The highest BCUT2D eigenvalue weighted by atomic mass is 16.1. The predicted octanol–water partition coefficient (Wildman–Crippen LogP) is 5.50. The highest BCUT2D eigenvalue weighted by molar-refractivity contribution is 6.05.